The van der Waals surface area contributed by atoms with Crippen molar-refractivity contribution in [2.24, 2.45) is 5.10 Å². The summed E-state index contributed by atoms with van der Waals surface area (Å²) in [5.41, 5.74) is 2.81. The van der Waals surface area contributed by atoms with Crippen LogP contribution < -0.4 is 5.43 Å². The maximum atomic E-state index is 11.3. The minimum Gasteiger partial charge on any atom is -0.443 e. The second-order valence-electron chi connectivity index (χ2n) is 4.92. The Morgan fingerprint density at radius 2 is 2.06 bits per heavy atom. The lowest BCUT2D eigenvalue weighted by atomic mass is 10.2. The van der Waals surface area contributed by atoms with Crippen LogP contribution in [0.4, 0.5) is 4.79 Å². The zero-order chi connectivity index (χ0) is 13.3. The van der Waals surface area contributed by atoms with Gasteiger partial charge in [-0.25, -0.2) is 10.2 Å². The number of carbonyl (C=O) groups excluding carboxylic acids is 1. The Kier molecular flexibility index (Phi) is 7.26. The maximum absolute atomic E-state index is 11.3. The van der Waals surface area contributed by atoms with Gasteiger partial charge < -0.3 is 4.74 Å². The van der Waals surface area contributed by atoms with Crippen molar-refractivity contribution in [3.8, 4) is 0 Å². The van der Waals surface area contributed by atoms with Crippen molar-refractivity contribution in [1.29, 1.82) is 0 Å². The second-order valence-corrected chi connectivity index (χ2v) is 4.92. The summed E-state index contributed by atoms with van der Waals surface area (Å²) >= 11 is 0. The van der Waals surface area contributed by atoms with Crippen LogP contribution in [0.5, 0.6) is 0 Å². The summed E-state index contributed by atoms with van der Waals surface area (Å²) in [6.07, 6.45) is 6.59. The van der Waals surface area contributed by atoms with Crippen LogP contribution in [0.3, 0.4) is 0 Å². The average Bonchev–Trinajstić information content (AvgIpc) is 2.19. The van der Waals surface area contributed by atoms with Gasteiger partial charge in [0, 0.05) is 5.71 Å². The quantitative estimate of drug-likeness (QED) is 0.345. The van der Waals surface area contributed by atoms with Gasteiger partial charge in [0.05, 0.1) is 0 Å². The first-order chi connectivity index (χ1) is 7.85. The summed E-state index contributed by atoms with van der Waals surface area (Å²) in [5.74, 6) is 0. The number of allylic oxidation sites excluding steroid dienone is 2. The van der Waals surface area contributed by atoms with Gasteiger partial charge in [0.25, 0.3) is 0 Å². The largest absolute Gasteiger partial charge is 0.443 e. The molecule has 0 bridgehead atoms. The molecule has 0 aromatic carbocycles. The average molecular weight is 240 g/mol. The molecule has 0 unspecified atom stereocenters. The third kappa shape index (κ3) is 11.0. The van der Waals surface area contributed by atoms with Gasteiger partial charge in [-0.3, -0.25) is 0 Å². The van der Waals surface area contributed by atoms with E-state index in [-0.39, 0.29) is 0 Å². The van der Waals surface area contributed by atoms with E-state index in [0.717, 1.165) is 25.0 Å². The van der Waals surface area contributed by atoms with Gasteiger partial charge in [-0.2, -0.15) is 5.10 Å². The highest BCUT2D eigenvalue weighted by molar-refractivity contribution is 5.83. The van der Waals surface area contributed by atoms with Gasteiger partial charge in [0.15, 0.2) is 0 Å². The van der Waals surface area contributed by atoms with Crippen molar-refractivity contribution >= 4 is 11.8 Å². The normalized spacial score (nSPS) is 12.9. The van der Waals surface area contributed by atoms with Gasteiger partial charge in [-0.05, 0) is 53.9 Å². The van der Waals surface area contributed by atoms with E-state index in [4.69, 9.17) is 4.74 Å². The summed E-state index contributed by atoms with van der Waals surface area (Å²) < 4.78 is 5.06. The first kappa shape index (κ1) is 15.7. The van der Waals surface area contributed by atoms with E-state index in [1.807, 2.05) is 40.7 Å². The van der Waals surface area contributed by atoms with Crippen molar-refractivity contribution in [3.63, 3.8) is 0 Å². The fourth-order valence-corrected chi connectivity index (χ4v) is 1.14. The predicted octanol–water partition coefficient (Wildman–Crippen LogP) is 3.63. The molecule has 0 rings (SSSR count). The van der Waals surface area contributed by atoms with Gasteiger partial charge in [-0.15, -0.1) is 0 Å². The Labute approximate surface area is 104 Å². The molecule has 1 N–H and O–H groups in total. The Morgan fingerprint density at radius 3 is 2.59 bits per heavy atom. The lowest BCUT2D eigenvalue weighted by Crippen LogP contribution is -2.30. The summed E-state index contributed by atoms with van der Waals surface area (Å²) in [6.45, 7) is 9.36. The molecular formula is C13H24N2O2. The number of hydrogen-bond donors (Lipinski definition) is 1. The SMILES string of the molecule is CC=CCCCC(C)=NNC(=O)OC(C)(C)C. The van der Waals surface area contributed by atoms with E-state index < -0.39 is 11.7 Å². The summed E-state index contributed by atoms with van der Waals surface area (Å²) in [7, 11) is 0. The third-order valence-corrected chi connectivity index (χ3v) is 1.88. The number of unbranched alkanes of at least 4 members (excludes halogenated alkanes) is 1. The molecule has 0 spiro atoms. The fraction of sp³-hybridized carbons (Fsp3) is 0.692. The van der Waals surface area contributed by atoms with Crippen LogP contribution in [-0.2, 0) is 4.74 Å². The lowest BCUT2D eigenvalue weighted by molar-refractivity contribution is 0.0529. The molecule has 0 aromatic rings. The molecule has 0 fully saturated rings. The molecule has 0 saturated heterocycles. The Bertz CT molecular complexity index is 288. The Hall–Kier alpha value is -1.32. The van der Waals surface area contributed by atoms with Crippen LogP contribution in [0.1, 0.15) is 53.9 Å². The minimum atomic E-state index is -0.509. The Morgan fingerprint density at radius 1 is 1.41 bits per heavy atom. The summed E-state index contributed by atoms with van der Waals surface area (Å²) in [5, 5.41) is 3.97. The molecule has 0 heterocycles. The number of rotatable bonds is 5. The first-order valence-corrected chi connectivity index (χ1v) is 5.98. The van der Waals surface area contributed by atoms with E-state index in [2.05, 4.69) is 16.6 Å². The van der Waals surface area contributed by atoms with E-state index in [0.29, 0.717) is 0 Å². The van der Waals surface area contributed by atoms with Gasteiger partial charge in [0.2, 0.25) is 0 Å². The molecule has 0 atom stereocenters. The predicted molar refractivity (Wildman–Crippen MR) is 71.1 cm³/mol. The lowest BCUT2D eigenvalue weighted by Gasteiger charge is -2.18. The van der Waals surface area contributed by atoms with Crippen LogP contribution in [0, 0.1) is 0 Å². The number of nitrogens with zero attached hydrogens (tertiary/aromatic N) is 1. The van der Waals surface area contributed by atoms with Gasteiger partial charge in [-0.1, -0.05) is 12.2 Å². The number of hydrazone groups is 1. The van der Waals surface area contributed by atoms with Crippen molar-refractivity contribution in [2.45, 2.75) is 59.5 Å². The zero-order valence-electron chi connectivity index (χ0n) is 11.5. The van der Waals surface area contributed by atoms with E-state index in [1.165, 1.54) is 0 Å². The van der Waals surface area contributed by atoms with E-state index in [1.54, 1.807) is 0 Å². The maximum Gasteiger partial charge on any atom is 0.428 e. The van der Waals surface area contributed by atoms with Gasteiger partial charge >= 0.3 is 6.09 Å². The highest BCUT2D eigenvalue weighted by atomic mass is 16.6. The van der Waals surface area contributed by atoms with Crippen molar-refractivity contribution in [1.82, 2.24) is 5.43 Å². The molecule has 0 aromatic heterocycles. The molecular weight excluding hydrogens is 216 g/mol. The highest BCUT2D eigenvalue weighted by Gasteiger charge is 2.15. The molecule has 0 saturated carbocycles. The van der Waals surface area contributed by atoms with E-state index >= 15 is 0 Å². The number of nitrogens with one attached hydrogen (secondary N) is 1. The minimum absolute atomic E-state index is 0.487. The monoisotopic (exact) mass is 240 g/mol. The topological polar surface area (TPSA) is 50.7 Å². The van der Waals surface area contributed by atoms with Crippen molar-refractivity contribution < 1.29 is 9.53 Å². The molecule has 0 aliphatic rings. The molecule has 4 nitrogen and oxygen atoms in total. The van der Waals surface area contributed by atoms with Crippen molar-refractivity contribution in [3.05, 3.63) is 12.2 Å². The van der Waals surface area contributed by atoms with Crippen LogP contribution >= 0.6 is 0 Å². The molecule has 0 aliphatic heterocycles. The number of hydrogen-bond acceptors (Lipinski definition) is 3. The third-order valence-electron chi connectivity index (χ3n) is 1.88. The van der Waals surface area contributed by atoms with Crippen molar-refractivity contribution in [2.75, 3.05) is 0 Å². The molecule has 0 radical (unpaired) electrons. The molecule has 4 heteroatoms. The molecule has 1 amide bonds. The van der Waals surface area contributed by atoms with Crippen LogP contribution in [0.2, 0.25) is 0 Å². The molecule has 98 valence electrons. The first-order valence-electron chi connectivity index (χ1n) is 5.98. The second kappa shape index (κ2) is 7.87. The Balaban J connectivity index is 3.86. The van der Waals surface area contributed by atoms with Crippen LogP contribution in [-0.4, -0.2) is 17.4 Å². The molecule has 0 aliphatic carbocycles. The summed E-state index contributed by atoms with van der Waals surface area (Å²) in [6, 6.07) is 0. The fourth-order valence-electron chi connectivity index (χ4n) is 1.14. The smallest absolute Gasteiger partial charge is 0.428 e. The van der Waals surface area contributed by atoms with Crippen LogP contribution in [0.15, 0.2) is 17.3 Å². The summed E-state index contributed by atoms with van der Waals surface area (Å²) in [4.78, 5) is 11.3. The standard InChI is InChI=1S/C13H24N2O2/c1-6-7-8-9-10-11(2)14-15-12(16)17-13(3,4)5/h6-7H,8-10H2,1-5H3,(H,15,16). The number of amides is 1. The highest BCUT2D eigenvalue weighted by Crippen LogP contribution is 2.06. The van der Waals surface area contributed by atoms with Gasteiger partial charge in [0.1, 0.15) is 5.60 Å². The zero-order valence-corrected chi connectivity index (χ0v) is 11.5. The molecule has 17 heavy (non-hydrogen) atoms. The number of ether oxygens (including phenoxy) is 1. The van der Waals surface area contributed by atoms with Crippen LogP contribution in [0.25, 0.3) is 0 Å². The van der Waals surface area contributed by atoms with E-state index in [9.17, 15) is 4.79 Å². The number of carbonyl (C=O) groups is 1.